The number of rotatable bonds is 3. The van der Waals surface area contributed by atoms with E-state index in [2.05, 4.69) is 38.9 Å². The zero-order valence-electron chi connectivity index (χ0n) is 13.8. The van der Waals surface area contributed by atoms with Gasteiger partial charge in [-0.2, -0.15) is 0 Å². The van der Waals surface area contributed by atoms with Crippen molar-refractivity contribution in [2.45, 2.75) is 12.5 Å². The van der Waals surface area contributed by atoms with Crippen LogP contribution in [0.1, 0.15) is 16.9 Å². The Balaban J connectivity index is 1.59. The van der Waals surface area contributed by atoms with Crippen molar-refractivity contribution in [3.63, 3.8) is 0 Å². The number of carbonyl (C=O) groups is 1. The third kappa shape index (κ3) is 2.46. The minimum absolute atomic E-state index is 0.0463. The van der Waals surface area contributed by atoms with Gasteiger partial charge in [-0.3, -0.25) is 4.79 Å². The smallest absolute Gasteiger partial charge is 0.270 e. The minimum atomic E-state index is 0.0463. The van der Waals surface area contributed by atoms with Gasteiger partial charge in [-0.05, 0) is 32.6 Å². The summed E-state index contributed by atoms with van der Waals surface area (Å²) in [6.07, 6.45) is 6.22. The SMILES string of the molecule is CN(C)C1CCN(C(=O)c2cc(-c3ncnc4[nH]ccc34)c[nH]2)C1. The minimum Gasteiger partial charge on any atom is -0.357 e. The molecule has 1 amide bonds. The van der Waals surface area contributed by atoms with E-state index >= 15 is 0 Å². The van der Waals surface area contributed by atoms with E-state index in [1.54, 1.807) is 0 Å². The summed E-state index contributed by atoms with van der Waals surface area (Å²) in [5.74, 6) is 0.0463. The number of amides is 1. The van der Waals surface area contributed by atoms with Crippen molar-refractivity contribution in [3.05, 3.63) is 36.5 Å². The van der Waals surface area contributed by atoms with Crippen molar-refractivity contribution in [2.24, 2.45) is 0 Å². The fourth-order valence-electron chi connectivity index (χ4n) is 3.28. The quantitative estimate of drug-likeness (QED) is 0.769. The predicted octanol–water partition coefficient (Wildman–Crippen LogP) is 1.73. The molecule has 1 aliphatic heterocycles. The van der Waals surface area contributed by atoms with Gasteiger partial charge in [0, 0.05) is 42.5 Å². The fraction of sp³-hybridized carbons (Fsp3) is 0.353. The van der Waals surface area contributed by atoms with E-state index in [-0.39, 0.29) is 5.91 Å². The van der Waals surface area contributed by atoms with Crippen molar-refractivity contribution in [3.8, 4) is 11.3 Å². The Morgan fingerprint density at radius 2 is 2.21 bits per heavy atom. The molecule has 7 nitrogen and oxygen atoms in total. The van der Waals surface area contributed by atoms with Gasteiger partial charge in [0.15, 0.2) is 0 Å². The van der Waals surface area contributed by atoms with Gasteiger partial charge in [-0.15, -0.1) is 0 Å². The fourth-order valence-corrected chi connectivity index (χ4v) is 3.28. The molecule has 0 aliphatic carbocycles. The molecule has 4 heterocycles. The molecule has 3 aromatic rings. The summed E-state index contributed by atoms with van der Waals surface area (Å²) < 4.78 is 0. The lowest BCUT2D eigenvalue weighted by molar-refractivity contribution is 0.0778. The van der Waals surface area contributed by atoms with Gasteiger partial charge < -0.3 is 19.8 Å². The van der Waals surface area contributed by atoms with Crippen LogP contribution >= 0.6 is 0 Å². The summed E-state index contributed by atoms with van der Waals surface area (Å²) in [6, 6.07) is 4.26. The molecular weight excluding hydrogens is 304 g/mol. The molecule has 0 radical (unpaired) electrons. The maximum absolute atomic E-state index is 12.7. The van der Waals surface area contributed by atoms with Gasteiger partial charge in [-0.25, -0.2) is 9.97 Å². The van der Waals surface area contributed by atoms with Crippen LogP contribution in [0, 0.1) is 0 Å². The Kier molecular flexibility index (Phi) is 3.57. The second-order valence-electron chi connectivity index (χ2n) is 6.42. The van der Waals surface area contributed by atoms with Crippen LogP contribution in [0.15, 0.2) is 30.9 Å². The Hall–Kier alpha value is -2.67. The van der Waals surface area contributed by atoms with Crippen molar-refractivity contribution in [1.82, 2.24) is 29.7 Å². The average molecular weight is 324 g/mol. The van der Waals surface area contributed by atoms with E-state index < -0.39 is 0 Å². The Bertz CT molecular complexity index is 880. The highest BCUT2D eigenvalue weighted by Gasteiger charge is 2.28. The van der Waals surface area contributed by atoms with E-state index in [4.69, 9.17) is 0 Å². The summed E-state index contributed by atoms with van der Waals surface area (Å²) in [5.41, 5.74) is 3.12. The van der Waals surface area contributed by atoms with Crippen LogP contribution in [0.2, 0.25) is 0 Å². The first kappa shape index (κ1) is 14.9. The molecule has 0 aromatic carbocycles. The molecule has 24 heavy (non-hydrogen) atoms. The largest absolute Gasteiger partial charge is 0.357 e. The molecule has 1 unspecified atom stereocenters. The Labute approximate surface area is 139 Å². The molecule has 1 saturated heterocycles. The van der Waals surface area contributed by atoms with E-state index in [0.717, 1.165) is 41.8 Å². The number of aromatic amines is 2. The number of fused-ring (bicyclic) bond motifs is 1. The van der Waals surface area contributed by atoms with Crippen molar-refractivity contribution >= 4 is 16.9 Å². The van der Waals surface area contributed by atoms with E-state index in [1.807, 2.05) is 29.4 Å². The number of H-pyrrole nitrogens is 2. The number of carbonyl (C=O) groups excluding carboxylic acids is 1. The molecule has 124 valence electrons. The highest BCUT2D eigenvalue weighted by molar-refractivity contribution is 5.96. The van der Waals surface area contributed by atoms with E-state index in [9.17, 15) is 4.79 Å². The van der Waals surface area contributed by atoms with Crippen molar-refractivity contribution < 1.29 is 4.79 Å². The Morgan fingerprint density at radius 3 is 3.00 bits per heavy atom. The highest BCUT2D eigenvalue weighted by atomic mass is 16.2. The monoisotopic (exact) mass is 324 g/mol. The molecule has 1 atom stereocenters. The number of nitrogens with zero attached hydrogens (tertiary/aromatic N) is 4. The lowest BCUT2D eigenvalue weighted by Crippen LogP contribution is -2.34. The van der Waals surface area contributed by atoms with Crippen LogP contribution in [0.3, 0.4) is 0 Å². The molecule has 2 N–H and O–H groups in total. The molecule has 1 aliphatic rings. The molecule has 3 aromatic heterocycles. The highest BCUT2D eigenvalue weighted by Crippen LogP contribution is 2.26. The standard InChI is InChI=1S/C17H20N6O/c1-22(2)12-4-6-23(9-12)17(24)14-7-11(8-19-14)15-13-3-5-18-16(13)21-10-20-15/h3,5,7-8,10,12,19H,4,6,9H2,1-2H3,(H,18,20,21). The number of likely N-dealkylation sites (tertiary alicyclic amines) is 1. The number of aromatic nitrogens is 4. The Morgan fingerprint density at radius 1 is 1.33 bits per heavy atom. The second kappa shape index (κ2) is 5.76. The molecule has 4 rings (SSSR count). The lowest BCUT2D eigenvalue weighted by atomic mass is 10.1. The van der Waals surface area contributed by atoms with Crippen LogP contribution in [-0.4, -0.2) is 68.9 Å². The summed E-state index contributed by atoms with van der Waals surface area (Å²) in [7, 11) is 4.12. The molecule has 0 spiro atoms. The van der Waals surface area contributed by atoms with Gasteiger partial charge in [-0.1, -0.05) is 0 Å². The van der Waals surface area contributed by atoms with Gasteiger partial charge in [0.25, 0.3) is 5.91 Å². The van der Waals surface area contributed by atoms with Gasteiger partial charge in [0.2, 0.25) is 0 Å². The lowest BCUT2D eigenvalue weighted by Gasteiger charge is -2.20. The maximum atomic E-state index is 12.7. The van der Waals surface area contributed by atoms with E-state index in [1.165, 1.54) is 6.33 Å². The van der Waals surface area contributed by atoms with Crippen molar-refractivity contribution in [1.29, 1.82) is 0 Å². The summed E-state index contributed by atoms with van der Waals surface area (Å²) in [5, 5.41) is 0.948. The first-order valence-electron chi connectivity index (χ1n) is 8.06. The van der Waals surface area contributed by atoms with Crippen LogP contribution in [0.4, 0.5) is 0 Å². The van der Waals surface area contributed by atoms with Crippen LogP contribution in [-0.2, 0) is 0 Å². The number of hydrogen-bond donors (Lipinski definition) is 2. The molecule has 0 bridgehead atoms. The topological polar surface area (TPSA) is 80.9 Å². The normalized spacial score (nSPS) is 18.0. The zero-order valence-corrected chi connectivity index (χ0v) is 13.8. The van der Waals surface area contributed by atoms with E-state index in [0.29, 0.717) is 11.7 Å². The maximum Gasteiger partial charge on any atom is 0.270 e. The average Bonchev–Trinajstić information content (AvgIpc) is 3.32. The first-order chi connectivity index (χ1) is 11.6. The summed E-state index contributed by atoms with van der Waals surface area (Å²) in [4.78, 5) is 31.6. The van der Waals surface area contributed by atoms with Crippen molar-refractivity contribution in [2.75, 3.05) is 27.2 Å². The number of hydrogen-bond acceptors (Lipinski definition) is 4. The van der Waals surface area contributed by atoms with Crippen LogP contribution < -0.4 is 0 Å². The third-order valence-corrected chi connectivity index (χ3v) is 4.72. The van der Waals surface area contributed by atoms with Gasteiger partial charge >= 0.3 is 0 Å². The molecular formula is C17H20N6O. The molecule has 0 saturated carbocycles. The summed E-state index contributed by atoms with van der Waals surface area (Å²) in [6.45, 7) is 1.57. The second-order valence-corrected chi connectivity index (χ2v) is 6.42. The molecule has 7 heteroatoms. The number of nitrogens with one attached hydrogen (secondary N) is 2. The van der Waals surface area contributed by atoms with Gasteiger partial charge in [0.1, 0.15) is 17.7 Å². The zero-order chi connectivity index (χ0) is 16.7. The van der Waals surface area contributed by atoms with Crippen LogP contribution in [0.25, 0.3) is 22.3 Å². The first-order valence-corrected chi connectivity index (χ1v) is 8.06. The molecule has 1 fully saturated rings. The van der Waals surface area contributed by atoms with Gasteiger partial charge in [0.05, 0.1) is 5.69 Å². The third-order valence-electron chi connectivity index (χ3n) is 4.72. The number of likely N-dealkylation sites (N-methyl/N-ethyl adjacent to an activating group) is 1. The summed E-state index contributed by atoms with van der Waals surface area (Å²) >= 11 is 0. The van der Waals surface area contributed by atoms with Crippen LogP contribution in [0.5, 0.6) is 0 Å². The predicted molar refractivity (Wildman–Crippen MR) is 91.7 cm³/mol.